The van der Waals surface area contributed by atoms with Gasteiger partial charge < -0.3 is 20.7 Å². The lowest BCUT2D eigenvalue weighted by molar-refractivity contribution is -0.122. The Kier molecular flexibility index (Phi) is 9.17. The Labute approximate surface area is 188 Å². The van der Waals surface area contributed by atoms with Crippen molar-refractivity contribution in [3.8, 4) is 5.75 Å². The van der Waals surface area contributed by atoms with Gasteiger partial charge in [-0.3, -0.25) is 14.7 Å². The zero-order chi connectivity index (χ0) is 21.9. The lowest BCUT2D eigenvalue weighted by Gasteiger charge is -2.27. The molecule has 1 amide bonds. The fourth-order valence-corrected chi connectivity index (χ4v) is 4.55. The molecule has 1 aromatic heterocycles. The Morgan fingerprint density at radius 3 is 2.74 bits per heavy atom. The summed E-state index contributed by atoms with van der Waals surface area (Å²) in [5.74, 6) is 1.34. The minimum absolute atomic E-state index is 0.0224. The molecule has 1 aliphatic rings. The van der Waals surface area contributed by atoms with E-state index in [1.54, 1.807) is 7.05 Å². The van der Waals surface area contributed by atoms with E-state index in [0.29, 0.717) is 24.9 Å². The maximum Gasteiger partial charge on any atom is 0.257 e. The van der Waals surface area contributed by atoms with E-state index in [2.05, 4.69) is 43.4 Å². The monoisotopic (exact) mass is 443 g/mol. The van der Waals surface area contributed by atoms with E-state index >= 15 is 0 Å². The lowest BCUT2D eigenvalue weighted by atomic mass is 10.2. The summed E-state index contributed by atoms with van der Waals surface area (Å²) in [7, 11) is 1.79. The molecule has 1 fully saturated rings. The van der Waals surface area contributed by atoms with Crippen LogP contribution in [0.25, 0.3) is 0 Å². The molecule has 3 rings (SSSR count). The summed E-state index contributed by atoms with van der Waals surface area (Å²) in [6.45, 7) is 6.25. The van der Waals surface area contributed by atoms with Gasteiger partial charge in [0.25, 0.3) is 5.91 Å². The smallest absolute Gasteiger partial charge is 0.257 e. The number of hydrogen-bond acceptors (Lipinski definition) is 5. The van der Waals surface area contributed by atoms with Crippen LogP contribution in [0.5, 0.6) is 5.75 Å². The summed E-state index contributed by atoms with van der Waals surface area (Å²) in [6, 6.07) is 12.5. The number of amides is 1. The highest BCUT2D eigenvalue weighted by Gasteiger charge is 2.24. The molecular weight excluding hydrogens is 410 g/mol. The molecule has 8 heteroatoms. The lowest BCUT2D eigenvalue weighted by Crippen LogP contribution is -2.42. The number of nitrogens with one attached hydrogen (secondary N) is 3. The summed E-state index contributed by atoms with van der Waals surface area (Å²) in [6.07, 6.45) is 2.54. The molecule has 0 saturated carbocycles. The van der Waals surface area contributed by atoms with E-state index in [-0.39, 0.29) is 12.5 Å². The number of carbonyl (C=O) groups is 1. The molecule has 1 aromatic carbocycles. The number of rotatable bonds is 10. The van der Waals surface area contributed by atoms with Gasteiger partial charge in [0.05, 0.1) is 6.04 Å². The second-order valence-electron chi connectivity index (χ2n) is 7.47. The van der Waals surface area contributed by atoms with Crippen LogP contribution >= 0.6 is 11.3 Å². The third kappa shape index (κ3) is 7.25. The van der Waals surface area contributed by atoms with Gasteiger partial charge in [-0.1, -0.05) is 18.2 Å². The number of benzene rings is 1. The third-order valence-corrected chi connectivity index (χ3v) is 6.22. The van der Waals surface area contributed by atoms with Crippen LogP contribution in [0.1, 0.15) is 36.2 Å². The topological polar surface area (TPSA) is 78.0 Å². The molecule has 3 N–H and O–H groups in total. The van der Waals surface area contributed by atoms with Crippen molar-refractivity contribution in [3.63, 3.8) is 0 Å². The Morgan fingerprint density at radius 1 is 1.19 bits per heavy atom. The number of aliphatic imine (C=N–C) groups is 1. The van der Waals surface area contributed by atoms with Gasteiger partial charge in [-0.05, 0) is 62.0 Å². The maximum atomic E-state index is 11.6. The van der Waals surface area contributed by atoms with Crippen LogP contribution in [0.2, 0.25) is 0 Å². The molecule has 2 heterocycles. The fraction of sp³-hybridized carbons (Fsp3) is 0.478. The predicted molar refractivity (Wildman–Crippen MR) is 127 cm³/mol. The van der Waals surface area contributed by atoms with E-state index in [0.717, 1.165) is 31.2 Å². The van der Waals surface area contributed by atoms with Crippen LogP contribution in [0.3, 0.4) is 0 Å². The number of guanidine groups is 1. The van der Waals surface area contributed by atoms with Crippen LogP contribution in [-0.4, -0.2) is 56.6 Å². The number of likely N-dealkylation sites (N-methyl/N-ethyl adjacent to an activating group) is 1. The van der Waals surface area contributed by atoms with E-state index < -0.39 is 0 Å². The third-order valence-electron chi connectivity index (χ3n) is 5.24. The first-order valence-corrected chi connectivity index (χ1v) is 11.8. The molecule has 1 atom stereocenters. The second kappa shape index (κ2) is 12.3. The molecule has 0 spiro atoms. The van der Waals surface area contributed by atoms with Crippen molar-refractivity contribution >= 4 is 23.2 Å². The SMILES string of the molecule is CCNC(=O)COc1cccc(CNC(=NC)NCC(c2cccs2)N2CCCC2)c1. The van der Waals surface area contributed by atoms with Crippen molar-refractivity contribution in [2.75, 3.05) is 39.8 Å². The van der Waals surface area contributed by atoms with Crippen LogP contribution in [0, 0.1) is 0 Å². The van der Waals surface area contributed by atoms with Gasteiger partial charge in [0.2, 0.25) is 0 Å². The van der Waals surface area contributed by atoms with E-state index in [1.807, 2.05) is 42.5 Å². The minimum Gasteiger partial charge on any atom is -0.484 e. The first-order chi connectivity index (χ1) is 15.2. The van der Waals surface area contributed by atoms with Crippen LogP contribution in [-0.2, 0) is 11.3 Å². The largest absolute Gasteiger partial charge is 0.484 e. The molecule has 0 radical (unpaired) electrons. The number of hydrogen-bond donors (Lipinski definition) is 3. The van der Waals surface area contributed by atoms with Crippen molar-refractivity contribution < 1.29 is 9.53 Å². The predicted octanol–water partition coefficient (Wildman–Crippen LogP) is 2.77. The van der Waals surface area contributed by atoms with Gasteiger partial charge >= 0.3 is 0 Å². The Morgan fingerprint density at radius 2 is 2.03 bits per heavy atom. The van der Waals surface area contributed by atoms with Crippen molar-refractivity contribution in [1.29, 1.82) is 0 Å². The number of thiophene rings is 1. The van der Waals surface area contributed by atoms with Crippen LogP contribution < -0.4 is 20.7 Å². The van der Waals surface area contributed by atoms with E-state index in [4.69, 9.17) is 4.74 Å². The summed E-state index contributed by atoms with van der Waals surface area (Å²) in [5.41, 5.74) is 1.06. The quantitative estimate of drug-likeness (QED) is 0.389. The standard InChI is InChI=1S/C23H33N5O2S/c1-3-25-22(29)17-30-19-9-6-8-18(14-19)15-26-23(24-2)27-16-20(21-10-7-13-31-21)28-11-4-5-12-28/h6-10,13-14,20H,3-5,11-12,15-17H2,1-2H3,(H,25,29)(H2,24,26,27). The Balaban J connectivity index is 1.51. The van der Waals surface area contributed by atoms with Gasteiger partial charge in [-0.15, -0.1) is 11.3 Å². The Bertz CT molecular complexity index is 834. The van der Waals surface area contributed by atoms with Crippen molar-refractivity contribution in [2.45, 2.75) is 32.4 Å². The minimum atomic E-state index is -0.117. The summed E-state index contributed by atoms with van der Waals surface area (Å²) >= 11 is 1.81. The number of nitrogens with zero attached hydrogens (tertiary/aromatic N) is 2. The van der Waals surface area contributed by atoms with Crippen molar-refractivity contribution in [3.05, 3.63) is 52.2 Å². The van der Waals surface area contributed by atoms with Gasteiger partial charge in [-0.25, -0.2) is 0 Å². The molecule has 1 unspecified atom stereocenters. The zero-order valence-corrected chi connectivity index (χ0v) is 19.2. The molecule has 31 heavy (non-hydrogen) atoms. The molecule has 0 aliphatic carbocycles. The number of likely N-dealkylation sites (tertiary alicyclic amines) is 1. The molecule has 7 nitrogen and oxygen atoms in total. The average molecular weight is 444 g/mol. The number of ether oxygens (including phenoxy) is 1. The molecule has 0 bridgehead atoms. The van der Waals surface area contributed by atoms with Crippen LogP contribution in [0.4, 0.5) is 0 Å². The van der Waals surface area contributed by atoms with Gasteiger partial charge in [-0.2, -0.15) is 0 Å². The normalized spacial score (nSPS) is 15.5. The van der Waals surface area contributed by atoms with Gasteiger partial charge in [0, 0.05) is 31.6 Å². The first kappa shape index (κ1) is 23.1. The van der Waals surface area contributed by atoms with Crippen molar-refractivity contribution in [1.82, 2.24) is 20.9 Å². The summed E-state index contributed by atoms with van der Waals surface area (Å²) in [4.78, 5) is 19.9. The van der Waals surface area contributed by atoms with E-state index in [9.17, 15) is 4.79 Å². The first-order valence-electron chi connectivity index (χ1n) is 10.9. The molecule has 168 valence electrons. The summed E-state index contributed by atoms with van der Waals surface area (Å²) < 4.78 is 5.58. The van der Waals surface area contributed by atoms with Crippen LogP contribution in [0.15, 0.2) is 46.8 Å². The maximum absolute atomic E-state index is 11.6. The average Bonchev–Trinajstić information content (AvgIpc) is 3.50. The van der Waals surface area contributed by atoms with Crippen molar-refractivity contribution in [2.24, 2.45) is 4.99 Å². The van der Waals surface area contributed by atoms with Gasteiger partial charge in [0.15, 0.2) is 12.6 Å². The molecular formula is C23H33N5O2S. The highest BCUT2D eigenvalue weighted by Crippen LogP contribution is 2.27. The number of carbonyl (C=O) groups excluding carboxylic acids is 1. The highest BCUT2D eigenvalue weighted by atomic mass is 32.1. The molecule has 1 aliphatic heterocycles. The second-order valence-corrected chi connectivity index (χ2v) is 8.45. The fourth-order valence-electron chi connectivity index (χ4n) is 3.69. The zero-order valence-electron chi connectivity index (χ0n) is 18.4. The van der Waals surface area contributed by atoms with E-state index in [1.165, 1.54) is 17.7 Å². The highest BCUT2D eigenvalue weighted by molar-refractivity contribution is 7.10. The Hall–Kier alpha value is -2.58. The summed E-state index contributed by atoms with van der Waals surface area (Å²) in [5, 5.41) is 11.7. The van der Waals surface area contributed by atoms with Gasteiger partial charge in [0.1, 0.15) is 5.75 Å². The molecule has 2 aromatic rings. The molecule has 1 saturated heterocycles.